The number of hydrogen-bond donors (Lipinski definition) is 2. The average molecular weight is 452 g/mol. The van der Waals surface area contributed by atoms with Gasteiger partial charge < -0.3 is 11.1 Å². The summed E-state index contributed by atoms with van der Waals surface area (Å²) in [6.45, 7) is 13.5. The summed E-state index contributed by atoms with van der Waals surface area (Å²) in [7, 11) is 0. The molecule has 3 nitrogen and oxygen atoms in total. The molecule has 4 heteroatoms. The molecule has 2 saturated heterocycles. The van der Waals surface area contributed by atoms with Gasteiger partial charge in [0.05, 0.1) is 0 Å². The Kier molecular flexibility index (Phi) is 6.93. The van der Waals surface area contributed by atoms with Crippen LogP contribution in [-0.4, -0.2) is 41.2 Å². The zero-order valence-corrected chi connectivity index (χ0v) is 21.4. The second-order valence-corrected chi connectivity index (χ2v) is 11.9. The normalized spacial score (nSPS) is 25.4. The van der Waals surface area contributed by atoms with E-state index >= 15 is 0 Å². The third-order valence-corrected chi connectivity index (χ3v) is 9.35. The molecule has 1 aliphatic carbocycles. The van der Waals surface area contributed by atoms with Gasteiger partial charge in [0.1, 0.15) is 0 Å². The van der Waals surface area contributed by atoms with E-state index in [4.69, 9.17) is 11.1 Å². The van der Waals surface area contributed by atoms with Gasteiger partial charge in [-0.2, -0.15) is 11.8 Å². The molecule has 1 saturated carbocycles. The number of likely N-dealkylation sites (tertiary alicyclic amines) is 1. The molecule has 3 N–H and O–H groups in total. The number of allylic oxidation sites excluding steroid dienone is 4. The van der Waals surface area contributed by atoms with Crippen molar-refractivity contribution >= 4 is 28.7 Å². The monoisotopic (exact) mass is 451 g/mol. The number of rotatable bonds is 6. The average Bonchev–Trinajstić information content (AvgIpc) is 2.69. The van der Waals surface area contributed by atoms with E-state index in [-0.39, 0.29) is 0 Å². The van der Waals surface area contributed by atoms with Crippen molar-refractivity contribution in [2.75, 3.05) is 30.3 Å². The fraction of sp³-hybridized carbons (Fsp3) is 0.607. The van der Waals surface area contributed by atoms with Crippen molar-refractivity contribution in [3.63, 3.8) is 0 Å². The standard InChI is InChI=1S/C28H41N3S/c1-6-20(11-18(2)3)24-13-26(29)25(12-23(24)19(4)5)27(30)21-7-9-22(10-8-21)31-14-28(15-31)16-32-17-28/h6,11-13,19,21-22,30H,7-10,14-17,29H2,1-5H3/b20-6+,30-27?. The van der Waals surface area contributed by atoms with Crippen molar-refractivity contribution < 1.29 is 0 Å². The molecule has 3 fully saturated rings. The van der Waals surface area contributed by atoms with E-state index in [0.29, 0.717) is 17.3 Å². The van der Waals surface area contributed by atoms with Gasteiger partial charge >= 0.3 is 0 Å². The van der Waals surface area contributed by atoms with Gasteiger partial charge in [-0.05, 0) is 81.2 Å². The Bertz CT molecular complexity index is 918. The first-order valence-corrected chi connectivity index (χ1v) is 13.5. The van der Waals surface area contributed by atoms with Gasteiger partial charge in [0.25, 0.3) is 0 Å². The summed E-state index contributed by atoms with van der Waals surface area (Å²) in [4.78, 5) is 2.72. The maximum absolute atomic E-state index is 9.05. The molecule has 2 aliphatic heterocycles. The number of nitrogens with two attached hydrogens (primary N) is 1. The van der Waals surface area contributed by atoms with E-state index in [0.717, 1.165) is 35.8 Å². The van der Waals surface area contributed by atoms with Crippen LogP contribution in [0.15, 0.2) is 29.9 Å². The summed E-state index contributed by atoms with van der Waals surface area (Å²) in [5.41, 5.74) is 14.7. The number of nitrogen functional groups attached to an aromatic ring is 1. The molecule has 0 unspecified atom stereocenters. The first-order valence-electron chi connectivity index (χ1n) is 12.4. The first kappa shape index (κ1) is 23.6. The summed E-state index contributed by atoms with van der Waals surface area (Å²) in [5, 5.41) is 9.05. The minimum atomic E-state index is 0.341. The lowest BCUT2D eigenvalue weighted by Gasteiger charge is -2.58. The van der Waals surface area contributed by atoms with Gasteiger partial charge in [0, 0.05) is 58.9 Å². The van der Waals surface area contributed by atoms with Crippen LogP contribution in [-0.2, 0) is 0 Å². The maximum Gasteiger partial charge on any atom is 0.0437 e. The van der Waals surface area contributed by atoms with E-state index in [1.165, 1.54) is 59.7 Å². The van der Waals surface area contributed by atoms with Crippen molar-refractivity contribution in [1.29, 1.82) is 5.41 Å². The van der Waals surface area contributed by atoms with Crippen molar-refractivity contribution in [2.45, 2.75) is 72.3 Å². The Hall–Kier alpha value is -1.52. The van der Waals surface area contributed by atoms with E-state index in [1.807, 2.05) is 0 Å². The molecule has 3 aliphatic rings. The molecular formula is C28H41N3S. The van der Waals surface area contributed by atoms with Crippen LogP contribution in [0.3, 0.4) is 0 Å². The summed E-state index contributed by atoms with van der Waals surface area (Å²) >= 11 is 2.11. The molecule has 0 bridgehead atoms. The van der Waals surface area contributed by atoms with Crippen LogP contribution in [0.4, 0.5) is 5.69 Å². The highest BCUT2D eigenvalue weighted by Crippen LogP contribution is 2.47. The van der Waals surface area contributed by atoms with Gasteiger partial charge in [-0.1, -0.05) is 31.6 Å². The molecule has 0 amide bonds. The molecule has 1 aromatic carbocycles. The smallest absolute Gasteiger partial charge is 0.0437 e. The number of nitrogens with one attached hydrogen (secondary N) is 1. The molecule has 32 heavy (non-hydrogen) atoms. The highest BCUT2D eigenvalue weighted by Gasteiger charge is 2.50. The SMILES string of the molecule is C/C=C(\C=C(C)C)c1cc(N)c(C(=N)C2CCC(N3CC4(CSC4)C3)CC2)cc1C(C)C. The second kappa shape index (κ2) is 9.38. The fourth-order valence-corrected chi connectivity index (χ4v) is 6.96. The van der Waals surface area contributed by atoms with Crippen molar-refractivity contribution in [3.05, 3.63) is 46.5 Å². The number of anilines is 1. The largest absolute Gasteiger partial charge is 0.398 e. The highest BCUT2D eigenvalue weighted by molar-refractivity contribution is 8.00. The van der Waals surface area contributed by atoms with Crippen LogP contribution in [0.25, 0.3) is 5.57 Å². The molecule has 0 aromatic heterocycles. The third kappa shape index (κ3) is 4.59. The van der Waals surface area contributed by atoms with Crippen molar-refractivity contribution in [3.8, 4) is 0 Å². The summed E-state index contributed by atoms with van der Waals surface area (Å²) in [6.07, 6.45) is 9.11. The molecule has 174 valence electrons. The molecule has 0 atom stereocenters. The number of hydrogen-bond acceptors (Lipinski definition) is 4. The molecule has 2 heterocycles. The van der Waals surface area contributed by atoms with Crippen LogP contribution in [0.2, 0.25) is 0 Å². The highest BCUT2D eigenvalue weighted by atomic mass is 32.2. The topological polar surface area (TPSA) is 53.1 Å². The lowest BCUT2D eigenvalue weighted by Crippen LogP contribution is -2.65. The Morgan fingerprint density at radius 3 is 2.28 bits per heavy atom. The van der Waals surface area contributed by atoms with Crippen molar-refractivity contribution in [1.82, 2.24) is 4.90 Å². The van der Waals surface area contributed by atoms with Crippen LogP contribution in [0, 0.1) is 16.7 Å². The summed E-state index contributed by atoms with van der Waals surface area (Å²) < 4.78 is 0. The molecule has 1 spiro atoms. The Balaban J connectivity index is 1.48. The van der Waals surface area contributed by atoms with E-state index < -0.39 is 0 Å². The number of benzene rings is 1. The van der Waals surface area contributed by atoms with Gasteiger partial charge in [-0.15, -0.1) is 0 Å². The summed E-state index contributed by atoms with van der Waals surface area (Å²) in [5.74, 6) is 3.48. The molecule has 0 radical (unpaired) electrons. The van der Waals surface area contributed by atoms with E-state index in [9.17, 15) is 0 Å². The fourth-order valence-electron chi connectivity index (χ4n) is 5.82. The lowest BCUT2D eigenvalue weighted by atomic mass is 9.75. The Morgan fingerprint density at radius 1 is 1.12 bits per heavy atom. The summed E-state index contributed by atoms with van der Waals surface area (Å²) in [6, 6.07) is 5.08. The Labute approximate surface area is 199 Å². The predicted molar refractivity (Wildman–Crippen MR) is 142 cm³/mol. The predicted octanol–water partition coefficient (Wildman–Crippen LogP) is 6.74. The van der Waals surface area contributed by atoms with Gasteiger partial charge in [0.15, 0.2) is 0 Å². The van der Waals surface area contributed by atoms with E-state index in [2.05, 4.69) is 75.6 Å². The Morgan fingerprint density at radius 2 is 1.78 bits per heavy atom. The molecule has 1 aromatic rings. The van der Waals surface area contributed by atoms with Gasteiger partial charge in [0.2, 0.25) is 0 Å². The first-order chi connectivity index (χ1) is 15.2. The minimum absolute atomic E-state index is 0.341. The molecular weight excluding hydrogens is 410 g/mol. The van der Waals surface area contributed by atoms with Gasteiger partial charge in [-0.25, -0.2) is 0 Å². The van der Waals surface area contributed by atoms with E-state index in [1.54, 1.807) is 0 Å². The number of nitrogens with zero attached hydrogens (tertiary/aromatic N) is 1. The number of thioether (sulfide) groups is 1. The van der Waals surface area contributed by atoms with Crippen LogP contribution in [0.1, 0.15) is 82.9 Å². The zero-order chi connectivity index (χ0) is 23.0. The third-order valence-electron chi connectivity index (χ3n) is 7.71. The molecule has 4 rings (SSSR count). The second-order valence-electron chi connectivity index (χ2n) is 11.0. The van der Waals surface area contributed by atoms with Crippen LogP contribution < -0.4 is 5.73 Å². The lowest BCUT2D eigenvalue weighted by molar-refractivity contribution is -0.0204. The maximum atomic E-state index is 9.05. The van der Waals surface area contributed by atoms with Gasteiger partial charge in [-0.3, -0.25) is 4.90 Å². The van der Waals surface area contributed by atoms with Crippen molar-refractivity contribution in [2.24, 2.45) is 11.3 Å². The quantitative estimate of drug-likeness (QED) is 0.286. The van der Waals surface area contributed by atoms with Crippen LogP contribution in [0.5, 0.6) is 0 Å². The minimum Gasteiger partial charge on any atom is -0.398 e. The zero-order valence-electron chi connectivity index (χ0n) is 20.6. The van der Waals surface area contributed by atoms with Crippen LogP contribution >= 0.6 is 11.8 Å².